The van der Waals surface area contributed by atoms with Gasteiger partial charge in [-0.1, -0.05) is 18.5 Å². The van der Waals surface area contributed by atoms with Crippen LogP contribution in [0.5, 0.6) is 0 Å². The van der Waals surface area contributed by atoms with Gasteiger partial charge in [0.05, 0.1) is 0 Å². The molecule has 1 unspecified atom stereocenters. The maximum Gasteiger partial charge on any atom is 0.207 e. The van der Waals surface area contributed by atoms with E-state index in [2.05, 4.69) is 17.0 Å². The summed E-state index contributed by atoms with van der Waals surface area (Å²) in [6, 6.07) is 1.30. The number of likely N-dealkylation sites (tertiary alicyclic amines) is 1. The van der Waals surface area contributed by atoms with Crippen LogP contribution < -0.4 is 4.90 Å². The molecule has 5 nitrogen and oxygen atoms in total. The number of hydrogen-bond donors (Lipinski definition) is 0. The van der Waals surface area contributed by atoms with Crippen molar-refractivity contribution in [3.63, 3.8) is 0 Å². The van der Waals surface area contributed by atoms with E-state index in [1.807, 2.05) is 4.90 Å². The largest absolute Gasteiger partial charge is 0.358 e. The van der Waals surface area contributed by atoms with Crippen LogP contribution in [0.15, 0.2) is 24.3 Å². The van der Waals surface area contributed by atoms with Crippen LogP contribution in [-0.4, -0.2) is 32.8 Å². The number of fused-ring (bicyclic) bond motifs is 1. The third kappa shape index (κ3) is 2.82. The van der Waals surface area contributed by atoms with Crippen molar-refractivity contribution in [1.82, 2.24) is 19.7 Å². The summed E-state index contributed by atoms with van der Waals surface area (Å²) in [6.45, 7) is 3.63. The van der Waals surface area contributed by atoms with E-state index in [9.17, 15) is 13.2 Å². The molecule has 26 heavy (non-hydrogen) atoms. The van der Waals surface area contributed by atoms with Gasteiger partial charge < -0.3 is 4.90 Å². The Balaban J connectivity index is 1.83. The van der Waals surface area contributed by atoms with E-state index in [0.717, 1.165) is 25.9 Å². The molecule has 0 bridgehead atoms. The molecule has 3 heterocycles. The Morgan fingerprint density at radius 2 is 1.77 bits per heavy atom. The van der Waals surface area contributed by atoms with Gasteiger partial charge in [0.15, 0.2) is 17.5 Å². The van der Waals surface area contributed by atoms with Crippen LogP contribution >= 0.6 is 11.6 Å². The van der Waals surface area contributed by atoms with Crippen molar-refractivity contribution in [3.05, 3.63) is 47.6 Å². The van der Waals surface area contributed by atoms with E-state index in [-0.39, 0.29) is 0 Å². The minimum atomic E-state index is -1.03. The first-order chi connectivity index (χ1) is 12.5. The predicted octanol–water partition coefficient (Wildman–Crippen LogP) is 3.94. The van der Waals surface area contributed by atoms with Crippen LogP contribution in [0.25, 0.3) is 6.08 Å². The molecule has 0 saturated carbocycles. The molecule has 9 heteroatoms. The Bertz CT molecular complexity index is 837. The molecule has 0 aliphatic carbocycles. The van der Waals surface area contributed by atoms with Gasteiger partial charge in [0.2, 0.25) is 5.62 Å². The molecule has 2 aromatic rings. The summed E-state index contributed by atoms with van der Waals surface area (Å²) in [6.07, 6.45) is 4.94. The lowest BCUT2D eigenvalue weighted by Crippen LogP contribution is -2.44. The van der Waals surface area contributed by atoms with E-state index in [1.54, 1.807) is 6.08 Å². The van der Waals surface area contributed by atoms with E-state index in [1.165, 1.54) is 15.9 Å². The van der Waals surface area contributed by atoms with Crippen molar-refractivity contribution < 1.29 is 13.2 Å². The number of aromatic nitrogens is 3. The quantitative estimate of drug-likeness (QED) is 0.581. The van der Waals surface area contributed by atoms with Gasteiger partial charge in [-0.05, 0) is 18.8 Å². The van der Waals surface area contributed by atoms with Gasteiger partial charge in [-0.3, -0.25) is 4.90 Å². The van der Waals surface area contributed by atoms with E-state index in [0.29, 0.717) is 29.7 Å². The van der Waals surface area contributed by atoms with Gasteiger partial charge >= 0.3 is 0 Å². The zero-order valence-electron chi connectivity index (χ0n) is 14.0. The second-order valence-electron chi connectivity index (χ2n) is 6.63. The normalized spacial score (nSPS) is 21.0. The van der Waals surface area contributed by atoms with Crippen LogP contribution in [0.1, 0.15) is 31.2 Å². The summed E-state index contributed by atoms with van der Waals surface area (Å²) < 4.78 is 43.7. The third-order valence-corrected chi connectivity index (χ3v) is 5.23. The molecular formula is C17H17ClF3N5. The van der Waals surface area contributed by atoms with Crippen molar-refractivity contribution >= 4 is 23.4 Å². The molecule has 0 radical (unpaired) electrons. The predicted molar refractivity (Wildman–Crippen MR) is 91.7 cm³/mol. The Morgan fingerprint density at radius 3 is 2.42 bits per heavy atom. The molecule has 0 spiro atoms. The van der Waals surface area contributed by atoms with Gasteiger partial charge in [-0.15, -0.1) is 0 Å². The zero-order chi connectivity index (χ0) is 18.4. The molecule has 2 aliphatic rings. The fraction of sp³-hybridized carbons (Fsp3) is 0.412. The molecule has 138 valence electrons. The molecule has 1 aromatic carbocycles. The number of alkyl halides is 1. The summed E-state index contributed by atoms with van der Waals surface area (Å²) in [4.78, 5) is 7.48. The highest BCUT2D eigenvalue weighted by Gasteiger charge is 2.36. The Labute approximate surface area is 153 Å². The molecule has 1 atom stereocenters. The number of hydrogen-bond acceptors (Lipinski definition) is 4. The molecule has 0 amide bonds. The number of piperidine rings is 1. The summed E-state index contributed by atoms with van der Waals surface area (Å²) in [5.74, 6) is -1.41. The fourth-order valence-electron chi connectivity index (χ4n) is 3.40. The molecule has 1 aromatic heterocycles. The maximum absolute atomic E-state index is 14.5. The van der Waals surface area contributed by atoms with Gasteiger partial charge in [0.1, 0.15) is 23.7 Å². The highest BCUT2D eigenvalue weighted by atomic mass is 35.5. The second kappa shape index (κ2) is 6.50. The zero-order valence-corrected chi connectivity index (χ0v) is 14.8. The number of nitrogens with zero attached hydrogens (tertiary/aromatic N) is 5. The van der Waals surface area contributed by atoms with Crippen LogP contribution in [-0.2, 0) is 0 Å². The number of benzene rings is 1. The molecule has 0 N–H and O–H groups in total. The van der Waals surface area contributed by atoms with Crippen molar-refractivity contribution in [3.8, 4) is 0 Å². The Hall–Kier alpha value is -2.22. The monoisotopic (exact) mass is 383 g/mol. The summed E-state index contributed by atoms with van der Waals surface area (Å²) >= 11 is 6.51. The Kier molecular flexibility index (Phi) is 4.30. The number of halogens is 4. The highest BCUT2D eigenvalue weighted by molar-refractivity contribution is 6.20. The summed E-state index contributed by atoms with van der Waals surface area (Å²) in [5.41, 5.74) is -1.43. The van der Waals surface area contributed by atoms with Crippen molar-refractivity contribution in [2.45, 2.75) is 25.4 Å². The van der Waals surface area contributed by atoms with Crippen molar-refractivity contribution in [2.75, 3.05) is 18.0 Å². The van der Waals surface area contributed by atoms with Gasteiger partial charge in [0, 0.05) is 31.3 Å². The van der Waals surface area contributed by atoms with Crippen LogP contribution in [0.2, 0.25) is 0 Å². The van der Waals surface area contributed by atoms with E-state index in [4.69, 9.17) is 11.6 Å². The molecule has 4 rings (SSSR count). The topological polar surface area (TPSA) is 37.2 Å². The first-order valence-corrected chi connectivity index (χ1v) is 8.83. The van der Waals surface area contributed by atoms with Gasteiger partial charge in [-0.2, -0.15) is 5.10 Å². The minimum absolute atomic E-state index is 0.405. The lowest BCUT2D eigenvalue weighted by atomic mass is 9.99. The van der Waals surface area contributed by atoms with Crippen LogP contribution in [0.4, 0.5) is 18.9 Å². The first kappa shape index (κ1) is 17.2. The SMILES string of the molecule is CC1CCN(C2=Cc3ncnn3C(Cl)N2c2c(F)cc(F)cc2F)CC1. The standard InChI is InChI=1S/C17H17ClF3N5/c1-10-2-4-24(5-3-10)15-8-14-22-9-23-26(14)17(18)25(15)16-12(20)6-11(19)7-13(16)21/h6-10,17H,2-5H2,1H3. The average Bonchev–Trinajstić information content (AvgIpc) is 3.05. The fourth-order valence-corrected chi connectivity index (χ4v) is 3.75. The van der Waals surface area contributed by atoms with Crippen LogP contribution in [0.3, 0.4) is 0 Å². The lowest BCUT2D eigenvalue weighted by molar-refractivity contribution is 0.227. The number of rotatable bonds is 2. The number of anilines is 1. The third-order valence-electron chi connectivity index (χ3n) is 4.85. The smallest absolute Gasteiger partial charge is 0.207 e. The second-order valence-corrected chi connectivity index (χ2v) is 7.02. The molecular weight excluding hydrogens is 367 g/mol. The average molecular weight is 384 g/mol. The van der Waals surface area contributed by atoms with Crippen molar-refractivity contribution in [2.24, 2.45) is 5.92 Å². The molecule has 1 fully saturated rings. The van der Waals surface area contributed by atoms with Gasteiger partial charge in [-0.25, -0.2) is 22.8 Å². The molecule has 1 saturated heterocycles. The lowest BCUT2D eigenvalue weighted by Gasteiger charge is -2.42. The molecule has 2 aliphatic heterocycles. The maximum atomic E-state index is 14.5. The Morgan fingerprint density at radius 1 is 1.12 bits per heavy atom. The minimum Gasteiger partial charge on any atom is -0.358 e. The first-order valence-electron chi connectivity index (χ1n) is 8.39. The van der Waals surface area contributed by atoms with E-state index >= 15 is 0 Å². The summed E-state index contributed by atoms with van der Waals surface area (Å²) in [7, 11) is 0. The summed E-state index contributed by atoms with van der Waals surface area (Å²) in [5, 5.41) is 4.03. The van der Waals surface area contributed by atoms with Gasteiger partial charge in [0.25, 0.3) is 0 Å². The van der Waals surface area contributed by atoms with Crippen molar-refractivity contribution in [1.29, 1.82) is 0 Å². The van der Waals surface area contributed by atoms with Crippen LogP contribution in [0, 0.1) is 23.4 Å². The van der Waals surface area contributed by atoms with E-state index < -0.39 is 28.8 Å². The highest BCUT2D eigenvalue weighted by Crippen LogP contribution is 2.40.